The van der Waals surface area contributed by atoms with Crippen molar-refractivity contribution in [1.29, 1.82) is 0 Å². The van der Waals surface area contributed by atoms with Crippen molar-refractivity contribution in [2.45, 2.75) is 11.8 Å². The van der Waals surface area contributed by atoms with Crippen LogP contribution in [0.3, 0.4) is 0 Å². The van der Waals surface area contributed by atoms with E-state index in [2.05, 4.69) is 10.6 Å². The summed E-state index contributed by atoms with van der Waals surface area (Å²) in [4.78, 5) is 27.6. The van der Waals surface area contributed by atoms with Crippen LogP contribution >= 0.6 is 11.8 Å². The molecule has 1 aliphatic rings. The number of likely N-dealkylation sites (N-methyl/N-ethyl adjacent to an activating group) is 1. The van der Waals surface area contributed by atoms with E-state index in [0.29, 0.717) is 36.9 Å². The molecule has 29 heavy (non-hydrogen) atoms. The summed E-state index contributed by atoms with van der Waals surface area (Å²) in [5.74, 6) is 0.941. The molecule has 0 bridgehead atoms. The standard InChI is InChI=1S/C21H25N3O4S/c1-3-24(13-20(25)22-15-4-7-17(29-2)8-5-15)14-21(26)23-16-6-9-18-19(12-16)28-11-10-27-18/h4-9,12H,3,10-11,13-14H2,1-2H3,(H,22,25)(H,23,26). The number of benzene rings is 2. The molecule has 0 saturated carbocycles. The topological polar surface area (TPSA) is 79.9 Å². The third kappa shape index (κ3) is 6.13. The monoisotopic (exact) mass is 415 g/mol. The third-order valence-electron chi connectivity index (χ3n) is 4.38. The van der Waals surface area contributed by atoms with Crippen LogP contribution in [0.1, 0.15) is 6.92 Å². The van der Waals surface area contributed by atoms with E-state index in [1.807, 2.05) is 37.4 Å². The van der Waals surface area contributed by atoms with Crippen LogP contribution in [0.4, 0.5) is 11.4 Å². The van der Waals surface area contributed by atoms with Crippen LogP contribution in [0.25, 0.3) is 0 Å². The normalized spacial score (nSPS) is 12.5. The van der Waals surface area contributed by atoms with Crippen LogP contribution < -0.4 is 20.1 Å². The predicted octanol–water partition coefficient (Wildman–Crippen LogP) is 3.08. The predicted molar refractivity (Wildman–Crippen MR) is 115 cm³/mol. The maximum atomic E-state index is 12.4. The van der Waals surface area contributed by atoms with Crippen molar-refractivity contribution < 1.29 is 19.1 Å². The molecule has 0 aromatic heterocycles. The second kappa shape index (κ2) is 10.2. The van der Waals surface area contributed by atoms with Crippen molar-refractivity contribution in [1.82, 2.24) is 4.90 Å². The Labute approximate surface area is 174 Å². The van der Waals surface area contributed by atoms with Crippen LogP contribution in [0.5, 0.6) is 11.5 Å². The van der Waals surface area contributed by atoms with E-state index in [0.717, 1.165) is 10.6 Å². The SMILES string of the molecule is CCN(CC(=O)Nc1ccc(SC)cc1)CC(=O)Nc1ccc2c(c1)OCCO2. The Bertz CT molecular complexity index is 858. The maximum absolute atomic E-state index is 12.4. The van der Waals surface area contributed by atoms with Crippen molar-refractivity contribution in [3.05, 3.63) is 42.5 Å². The highest BCUT2D eigenvalue weighted by atomic mass is 32.2. The van der Waals surface area contributed by atoms with Gasteiger partial charge in [0.2, 0.25) is 11.8 Å². The van der Waals surface area contributed by atoms with E-state index in [1.165, 1.54) is 0 Å². The molecule has 0 atom stereocenters. The van der Waals surface area contributed by atoms with E-state index in [4.69, 9.17) is 9.47 Å². The molecule has 0 radical (unpaired) electrons. The molecule has 154 valence electrons. The fourth-order valence-corrected chi connectivity index (χ4v) is 3.29. The van der Waals surface area contributed by atoms with Crippen molar-refractivity contribution in [3.63, 3.8) is 0 Å². The van der Waals surface area contributed by atoms with Gasteiger partial charge in [-0.3, -0.25) is 14.5 Å². The number of anilines is 2. The lowest BCUT2D eigenvalue weighted by Crippen LogP contribution is -2.38. The second-order valence-electron chi connectivity index (χ2n) is 6.49. The number of nitrogens with zero attached hydrogens (tertiary/aromatic N) is 1. The van der Waals surface area contributed by atoms with E-state index < -0.39 is 0 Å². The van der Waals surface area contributed by atoms with E-state index in [9.17, 15) is 9.59 Å². The zero-order valence-corrected chi connectivity index (χ0v) is 17.4. The molecule has 1 heterocycles. The Hall–Kier alpha value is -2.71. The molecular formula is C21H25N3O4S. The fraction of sp³-hybridized carbons (Fsp3) is 0.333. The Morgan fingerprint density at radius 2 is 1.52 bits per heavy atom. The first-order valence-electron chi connectivity index (χ1n) is 9.43. The van der Waals surface area contributed by atoms with Gasteiger partial charge < -0.3 is 20.1 Å². The minimum Gasteiger partial charge on any atom is -0.486 e. The number of carbonyl (C=O) groups is 2. The molecule has 0 spiro atoms. The first-order valence-corrected chi connectivity index (χ1v) is 10.7. The summed E-state index contributed by atoms with van der Waals surface area (Å²) in [6, 6.07) is 12.9. The first kappa shape index (κ1) is 21.0. The van der Waals surface area contributed by atoms with Crippen LogP contribution in [-0.4, -0.2) is 55.8 Å². The molecule has 3 rings (SSSR count). The Kier molecular flexibility index (Phi) is 7.37. The molecule has 0 unspecified atom stereocenters. The third-order valence-corrected chi connectivity index (χ3v) is 5.12. The average Bonchev–Trinajstić information content (AvgIpc) is 2.73. The number of thioether (sulfide) groups is 1. The molecule has 7 nitrogen and oxygen atoms in total. The number of hydrogen-bond donors (Lipinski definition) is 2. The van der Waals surface area contributed by atoms with Gasteiger partial charge in [0.05, 0.1) is 13.1 Å². The number of fused-ring (bicyclic) bond motifs is 1. The van der Waals surface area contributed by atoms with Gasteiger partial charge in [0.15, 0.2) is 11.5 Å². The van der Waals surface area contributed by atoms with Gasteiger partial charge in [-0.1, -0.05) is 6.92 Å². The molecular weight excluding hydrogens is 390 g/mol. The zero-order chi connectivity index (χ0) is 20.6. The quantitative estimate of drug-likeness (QED) is 0.645. The number of amides is 2. The Morgan fingerprint density at radius 1 is 0.931 bits per heavy atom. The van der Waals surface area contributed by atoms with Crippen LogP contribution in [-0.2, 0) is 9.59 Å². The second-order valence-corrected chi connectivity index (χ2v) is 7.37. The van der Waals surface area contributed by atoms with Crippen molar-refractivity contribution in [2.75, 3.05) is 49.7 Å². The summed E-state index contributed by atoms with van der Waals surface area (Å²) in [7, 11) is 0. The minimum absolute atomic E-state index is 0.115. The lowest BCUT2D eigenvalue weighted by molar-refractivity contribution is -0.119. The van der Waals surface area contributed by atoms with Gasteiger partial charge in [-0.15, -0.1) is 11.8 Å². The van der Waals surface area contributed by atoms with Gasteiger partial charge >= 0.3 is 0 Å². The Morgan fingerprint density at radius 3 is 2.14 bits per heavy atom. The number of hydrogen-bond acceptors (Lipinski definition) is 6. The van der Waals surface area contributed by atoms with Gasteiger partial charge in [0.25, 0.3) is 0 Å². The smallest absolute Gasteiger partial charge is 0.238 e. The van der Waals surface area contributed by atoms with Crippen LogP contribution in [0, 0.1) is 0 Å². The molecule has 2 amide bonds. The van der Waals surface area contributed by atoms with E-state index >= 15 is 0 Å². The van der Waals surface area contributed by atoms with Crippen LogP contribution in [0.2, 0.25) is 0 Å². The number of ether oxygens (including phenoxy) is 2. The molecule has 0 aliphatic carbocycles. The summed E-state index contributed by atoms with van der Waals surface area (Å²) >= 11 is 1.65. The lowest BCUT2D eigenvalue weighted by atomic mass is 10.2. The van der Waals surface area contributed by atoms with Crippen molar-refractivity contribution >= 4 is 35.0 Å². The number of carbonyl (C=O) groups excluding carboxylic acids is 2. The summed E-state index contributed by atoms with van der Waals surface area (Å²) in [6.07, 6.45) is 2.00. The van der Waals surface area contributed by atoms with Crippen molar-refractivity contribution in [2.24, 2.45) is 0 Å². The average molecular weight is 416 g/mol. The molecule has 0 saturated heterocycles. The maximum Gasteiger partial charge on any atom is 0.238 e. The highest BCUT2D eigenvalue weighted by Gasteiger charge is 2.16. The fourth-order valence-electron chi connectivity index (χ4n) is 2.88. The summed E-state index contributed by atoms with van der Waals surface area (Å²) < 4.78 is 11.0. The van der Waals surface area contributed by atoms with Gasteiger partial charge in [0, 0.05) is 22.3 Å². The molecule has 2 N–H and O–H groups in total. The summed E-state index contributed by atoms with van der Waals surface area (Å²) in [6.45, 7) is 3.75. The highest BCUT2D eigenvalue weighted by Crippen LogP contribution is 2.32. The number of rotatable bonds is 8. The molecule has 1 aliphatic heterocycles. The Balaban J connectivity index is 1.50. The minimum atomic E-state index is -0.194. The highest BCUT2D eigenvalue weighted by molar-refractivity contribution is 7.98. The number of nitrogens with one attached hydrogen (secondary N) is 2. The van der Waals surface area contributed by atoms with Gasteiger partial charge in [-0.25, -0.2) is 0 Å². The van der Waals surface area contributed by atoms with Crippen molar-refractivity contribution in [3.8, 4) is 11.5 Å². The summed E-state index contributed by atoms with van der Waals surface area (Å²) in [5, 5.41) is 5.71. The van der Waals surface area contributed by atoms with Crippen LogP contribution in [0.15, 0.2) is 47.4 Å². The lowest BCUT2D eigenvalue weighted by Gasteiger charge is -2.21. The molecule has 2 aromatic carbocycles. The van der Waals surface area contributed by atoms with E-state index in [-0.39, 0.29) is 24.9 Å². The van der Waals surface area contributed by atoms with Gasteiger partial charge in [-0.2, -0.15) is 0 Å². The molecule has 0 fully saturated rings. The summed E-state index contributed by atoms with van der Waals surface area (Å²) in [5.41, 5.74) is 1.37. The van der Waals surface area contributed by atoms with Gasteiger partial charge in [-0.05, 0) is 49.2 Å². The van der Waals surface area contributed by atoms with Gasteiger partial charge in [0.1, 0.15) is 13.2 Å². The van der Waals surface area contributed by atoms with E-state index in [1.54, 1.807) is 34.9 Å². The zero-order valence-electron chi connectivity index (χ0n) is 16.6. The first-order chi connectivity index (χ1) is 14.1. The molecule has 8 heteroatoms. The largest absolute Gasteiger partial charge is 0.486 e. The molecule has 2 aromatic rings.